The van der Waals surface area contributed by atoms with E-state index in [1.54, 1.807) is 0 Å². The number of hydrogen-bond donors (Lipinski definition) is 0. The van der Waals surface area contributed by atoms with E-state index < -0.39 is 11.7 Å². The molecule has 1 aromatic rings. The quantitative estimate of drug-likeness (QED) is 0.764. The normalized spacial score (nSPS) is 15.8. The van der Waals surface area contributed by atoms with E-state index in [0.29, 0.717) is 25.5 Å². The van der Waals surface area contributed by atoms with Gasteiger partial charge < -0.3 is 4.74 Å². The summed E-state index contributed by atoms with van der Waals surface area (Å²) in [6.45, 7) is 1.20. The van der Waals surface area contributed by atoms with Crippen LogP contribution in [0, 0.1) is 0 Å². The second-order valence-electron chi connectivity index (χ2n) is 3.50. The molecule has 0 N–H and O–H groups in total. The summed E-state index contributed by atoms with van der Waals surface area (Å²) in [6, 6.07) is 5.05. The Morgan fingerprint density at radius 2 is 1.88 bits per heavy atom. The lowest BCUT2D eigenvalue weighted by molar-refractivity contribution is -0.137. The SMILES string of the molecule is FC(F)(F)c1ccc(CC2=NCCO2)cc1. The molecule has 0 spiro atoms. The van der Waals surface area contributed by atoms with E-state index in [-0.39, 0.29) is 0 Å². The van der Waals surface area contributed by atoms with Crippen LogP contribution in [0.5, 0.6) is 0 Å². The van der Waals surface area contributed by atoms with E-state index in [4.69, 9.17) is 4.74 Å². The molecule has 0 saturated heterocycles. The maximum Gasteiger partial charge on any atom is 0.416 e. The van der Waals surface area contributed by atoms with Gasteiger partial charge in [-0.15, -0.1) is 0 Å². The van der Waals surface area contributed by atoms with Gasteiger partial charge in [0, 0.05) is 6.42 Å². The van der Waals surface area contributed by atoms with Gasteiger partial charge in [-0.3, -0.25) is 4.99 Å². The number of ether oxygens (including phenoxy) is 1. The van der Waals surface area contributed by atoms with Crippen LogP contribution in [0.15, 0.2) is 29.3 Å². The Morgan fingerprint density at radius 3 is 2.38 bits per heavy atom. The molecule has 1 aromatic carbocycles. The predicted octanol–water partition coefficient (Wildman–Crippen LogP) is 2.68. The highest BCUT2D eigenvalue weighted by Crippen LogP contribution is 2.29. The van der Waals surface area contributed by atoms with E-state index in [1.807, 2.05) is 0 Å². The molecule has 0 bridgehead atoms. The summed E-state index contributed by atoms with van der Waals surface area (Å²) in [5.74, 6) is 0.597. The van der Waals surface area contributed by atoms with Gasteiger partial charge in [0.1, 0.15) is 6.61 Å². The first-order valence-corrected chi connectivity index (χ1v) is 4.88. The van der Waals surface area contributed by atoms with Crippen LogP contribution in [-0.2, 0) is 17.3 Å². The van der Waals surface area contributed by atoms with Crippen LogP contribution in [0.4, 0.5) is 13.2 Å². The Balaban J connectivity index is 2.07. The molecule has 1 aliphatic rings. The van der Waals surface area contributed by atoms with Crippen molar-refractivity contribution in [2.45, 2.75) is 12.6 Å². The molecule has 0 aromatic heterocycles. The molecule has 0 amide bonds. The lowest BCUT2D eigenvalue weighted by atomic mass is 10.1. The number of nitrogens with zero attached hydrogens (tertiary/aromatic N) is 1. The zero-order valence-electron chi connectivity index (χ0n) is 8.42. The molecule has 1 aliphatic heterocycles. The van der Waals surface area contributed by atoms with Crippen LogP contribution >= 0.6 is 0 Å². The first-order chi connectivity index (χ1) is 7.55. The van der Waals surface area contributed by atoms with Crippen molar-refractivity contribution in [2.75, 3.05) is 13.2 Å². The Bertz CT molecular complexity index is 395. The third-order valence-electron chi connectivity index (χ3n) is 2.28. The minimum atomic E-state index is -4.28. The van der Waals surface area contributed by atoms with Crippen LogP contribution in [0.25, 0.3) is 0 Å². The van der Waals surface area contributed by atoms with Crippen LogP contribution in [0.1, 0.15) is 11.1 Å². The fourth-order valence-corrected chi connectivity index (χ4v) is 1.47. The smallest absolute Gasteiger partial charge is 0.416 e. The van der Waals surface area contributed by atoms with Gasteiger partial charge in [-0.1, -0.05) is 12.1 Å². The Kier molecular flexibility index (Phi) is 2.85. The van der Waals surface area contributed by atoms with Crippen molar-refractivity contribution in [3.63, 3.8) is 0 Å². The van der Waals surface area contributed by atoms with Gasteiger partial charge in [-0.2, -0.15) is 13.2 Å². The Hall–Kier alpha value is -1.52. The monoisotopic (exact) mass is 229 g/mol. The average Bonchev–Trinajstić information content (AvgIpc) is 2.70. The minimum Gasteiger partial charge on any atom is -0.479 e. The number of alkyl halides is 3. The zero-order valence-corrected chi connectivity index (χ0v) is 8.42. The molecule has 0 fully saturated rings. The zero-order chi connectivity index (χ0) is 11.6. The number of hydrogen-bond acceptors (Lipinski definition) is 2. The van der Waals surface area contributed by atoms with E-state index in [0.717, 1.165) is 17.7 Å². The molecule has 2 rings (SSSR count). The number of benzene rings is 1. The van der Waals surface area contributed by atoms with E-state index >= 15 is 0 Å². The van der Waals surface area contributed by atoms with Crippen molar-refractivity contribution in [1.29, 1.82) is 0 Å². The fraction of sp³-hybridized carbons (Fsp3) is 0.364. The fourth-order valence-electron chi connectivity index (χ4n) is 1.47. The molecule has 0 unspecified atom stereocenters. The van der Waals surface area contributed by atoms with Crippen LogP contribution in [0.3, 0.4) is 0 Å². The lowest BCUT2D eigenvalue weighted by Crippen LogP contribution is -2.06. The second-order valence-corrected chi connectivity index (χ2v) is 3.50. The van der Waals surface area contributed by atoms with Crippen molar-refractivity contribution >= 4 is 5.90 Å². The summed E-state index contributed by atoms with van der Waals surface area (Å²) in [7, 11) is 0. The van der Waals surface area contributed by atoms with E-state index in [1.165, 1.54) is 12.1 Å². The van der Waals surface area contributed by atoms with Crippen molar-refractivity contribution in [2.24, 2.45) is 4.99 Å². The largest absolute Gasteiger partial charge is 0.479 e. The van der Waals surface area contributed by atoms with Gasteiger partial charge in [-0.05, 0) is 17.7 Å². The standard InChI is InChI=1S/C11H10F3NO/c12-11(13,14)9-3-1-8(2-4-9)7-10-15-5-6-16-10/h1-4H,5-7H2. The molecule has 5 heteroatoms. The second kappa shape index (κ2) is 4.15. The third kappa shape index (κ3) is 2.53. The molecule has 86 valence electrons. The highest BCUT2D eigenvalue weighted by molar-refractivity contribution is 5.79. The predicted molar refractivity (Wildman–Crippen MR) is 53.4 cm³/mol. The lowest BCUT2D eigenvalue weighted by Gasteiger charge is -2.07. The maximum absolute atomic E-state index is 12.3. The molecule has 16 heavy (non-hydrogen) atoms. The van der Waals surface area contributed by atoms with E-state index in [9.17, 15) is 13.2 Å². The summed E-state index contributed by atoms with van der Waals surface area (Å²) in [5, 5.41) is 0. The first kappa shape index (κ1) is 11.0. The van der Waals surface area contributed by atoms with Crippen molar-refractivity contribution in [1.82, 2.24) is 0 Å². The molecule has 2 nitrogen and oxygen atoms in total. The highest BCUT2D eigenvalue weighted by atomic mass is 19.4. The van der Waals surface area contributed by atoms with Gasteiger partial charge in [0.15, 0.2) is 5.90 Å². The molecule has 0 atom stereocenters. The molecule has 1 heterocycles. The van der Waals surface area contributed by atoms with Crippen LogP contribution < -0.4 is 0 Å². The number of rotatable bonds is 2. The Labute approximate surface area is 90.8 Å². The van der Waals surface area contributed by atoms with Crippen LogP contribution in [0.2, 0.25) is 0 Å². The number of aliphatic imine (C=N–C) groups is 1. The molecular weight excluding hydrogens is 219 g/mol. The summed E-state index contributed by atoms with van der Waals surface area (Å²) in [4.78, 5) is 4.07. The summed E-state index contributed by atoms with van der Waals surface area (Å²) in [6.07, 6.45) is -3.82. The van der Waals surface area contributed by atoms with Crippen molar-refractivity contribution in [3.8, 4) is 0 Å². The molecular formula is C11H10F3NO. The summed E-state index contributed by atoms with van der Waals surface area (Å²) < 4.78 is 42.0. The van der Waals surface area contributed by atoms with Gasteiger partial charge in [-0.25, -0.2) is 0 Å². The minimum absolute atomic E-state index is 0.456. The molecule has 0 aliphatic carbocycles. The van der Waals surface area contributed by atoms with E-state index in [2.05, 4.69) is 4.99 Å². The van der Waals surface area contributed by atoms with Gasteiger partial charge in [0.05, 0.1) is 12.1 Å². The average molecular weight is 229 g/mol. The van der Waals surface area contributed by atoms with Gasteiger partial charge in [0.2, 0.25) is 0 Å². The Morgan fingerprint density at radius 1 is 1.19 bits per heavy atom. The maximum atomic E-state index is 12.3. The van der Waals surface area contributed by atoms with Crippen LogP contribution in [-0.4, -0.2) is 19.0 Å². The van der Waals surface area contributed by atoms with Crippen molar-refractivity contribution in [3.05, 3.63) is 35.4 Å². The topological polar surface area (TPSA) is 21.6 Å². The number of halogens is 3. The summed E-state index contributed by atoms with van der Waals surface area (Å²) in [5.41, 5.74) is 0.138. The van der Waals surface area contributed by atoms with Gasteiger partial charge in [0.25, 0.3) is 0 Å². The third-order valence-corrected chi connectivity index (χ3v) is 2.28. The van der Waals surface area contributed by atoms with Crippen molar-refractivity contribution < 1.29 is 17.9 Å². The molecule has 0 radical (unpaired) electrons. The van der Waals surface area contributed by atoms with Gasteiger partial charge >= 0.3 is 6.18 Å². The highest BCUT2D eigenvalue weighted by Gasteiger charge is 2.29. The summed E-state index contributed by atoms with van der Waals surface area (Å²) >= 11 is 0. The first-order valence-electron chi connectivity index (χ1n) is 4.88. The molecule has 0 saturated carbocycles.